The maximum absolute atomic E-state index is 13.1. The number of amidine groups is 1. The molecule has 1 fully saturated rings. The fourth-order valence-corrected chi connectivity index (χ4v) is 5.32. The van der Waals surface area contributed by atoms with Crippen LogP contribution in [0.4, 0.5) is 5.69 Å². The molecule has 0 saturated carbocycles. The number of rotatable bonds is 9. The molecular formula is C32H35N5O3S2. The van der Waals surface area contributed by atoms with Gasteiger partial charge < -0.3 is 19.7 Å². The van der Waals surface area contributed by atoms with Crippen LogP contribution in [0.1, 0.15) is 23.6 Å². The third-order valence-electron chi connectivity index (χ3n) is 6.16. The summed E-state index contributed by atoms with van der Waals surface area (Å²) in [5.74, 6) is 1.26. The third kappa shape index (κ3) is 8.35. The van der Waals surface area contributed by atoms with Crippen molar-refractivity contribution in [2.45, 2.75) is 13.5 Å². The predicted octanol–water partition coefficient (Wildman–Crippen LogP) is 6.46. The summed E-state index contributed by atoms with van der Waals surface area (Å²) < 4.78 is 10.8. The molecular weight excluding hydrogens is 567 g/mol. The number of anilines is 1. The Morgan fingerprint density at radius 3 is 2.40 bits per heavy atom. The second-order valence-electron chi connectivity index (χ2n) is 8.89. The van der Waals surface area contributed by atoms with Crippen molar-refractivity contribution in [1.29, 1.82) is 5.26 Å². The lowest BCUT2D eigenvalue weighted by atomic mass is 10.1. The van der Waals surface area contributed by atoms with E-state index in [0.717, 1.165) is 29.1 Å². The lowest BCUT2D eigenvalue weighted by molar-refractivity contribution is -0.122. The molecule has 8 nitrogen and oxygen atoms in total. The molecule has 3 aromatic carbocycles. The van der Waals surface area contributed by atoms with Gasteiger partial charge in [0.15, 0.2) is 5.17 Å². The van der Waals surface area contributed by atoms with E-state index in [1.54, 1.807) is 49.9 Å². The molecule has 1 aliphatic heterocycles. The van der Waals surface area contributed by atoms with Crippen LogP contribution in [0.2, 0.25) is 0 Å². The van der Waals surface area contributed by atoms with E-state index in [9.17, 15) is 4.79 Å². The van der Waals surface area contributed by atoms with E-state index in [0.29, 0.717) is 33.7 Å². The van der Waals surface area contributed by atoms with Crippen LogP contribution in [0.3, 0.4) is 0 Å². The topological polar surface area (TPSA) is 90.2 Å². The summed E-state index contributed by atoms with van der Waals surface area (Å²) in [6.45, 7) is 3.42. The highest BCUT2D eigenvalue weighted by Gasteiger charge is 2.33. The number of amides is 1. The Balaban J connectivity index is 0.000000369. The van der Waals surface area contributed by atoms with Gasteiger partial charge in [0.2, 0.25) is 0 Å². The standard InChI is InChI=1S/C23H25N3O3S2.C9H10N2/c1-24-23-26(13-16-8-6-5-7-9-16)22(27)21(31-23)14-25(2)19(15-30)18-11-10-17(28-3)12-20(18)29-4;1-2-11-9-5-3-8(7-10)4-6-9/h5-12,14-15,30H,13H2,1-4H3;3-6,11H,2H2,1H3/b19-15-,21-14+,24-23?;. The number of carbonyl (C=O) groups excluding carboxylic acids is 1. The molecule has 4 rings (SSSR count). The highest BCUT2D eigenvalue weighted by molar-refractivity contribution is 8.18. The summed E-state index contributed by atoms with van der Waals surface area (Å²) in [5.41, 5.74) is 4.42. The molecule has 0 radical (unpaired) electrons. The Morgan fingerprint density at radius 2 is 1.83 bits per heavy atom. The highest BCUT2D eigenvalue weighted by atomic mass is 32.2. The molecule has 218 valence electrons. The Bertz CT molecular complexity index is 1480. The van der Waals surface area contributed by atoms with Crippen molar-refractivity contribution in [3.8, 4) is 17.6 Å². The van der Waals surface area contributed by atoms with Crippen LogP contribution in [-0.4, -0.2) is 55.7 Å². The van der Waals surface area contributed by atoms with Gasteiger partial charge in [0.1, 0.15) is 11.5 Å². The van der Waals surface area contributed by atoms with E-state index < -0.39 is 0 Å². The average molecular weight is 602 g/mol. The lowest BCUT2D eigenvalue weighted by Crippen LogP contribution is -2.28. The minimum atomic E-state index is -0.0819. The SMILES string of the molecule is CCNc1ccc(C#N)cc1.CN=C1S/C(=C/N(C)/C(=C\S)c2ccc(OC)cc2OC)C(=O)N1Cc1ccccc1. The van der Waals surface area contributed by atoms with Gasteiger partial charge in [0.05, 0.1) is 43.0 Å². The van der Waals surface area contributed by atoms with Crippen molar-refractivity contribution in [2.75, 3.05) is 40.2 Å². The smallest absolute Gasteiger partial charge is 0.268 e. The van der Waals surface area contributed by atoms with E-state index in [1.165, 1.54) is 11.8 Å². The average Bonchev–Trinajstić information content (AvgIpc) is 3.32. The molecule has 42 heavy (non-hydrogen) atoms. The summed E-state index contributed by atoms with van der Waals surface area (Å²) in [6.07, 6.45) is 1.80. The molecule has 1 aliphatic rings. The molecule has 1 amide bonds. The van der Waals surface area contributed by atoms with Crippen LogP contribution >= 0.6 is 24.4 Å². The van der Waals surface area contributed by atoms with E-state index in [-0.39, 0.29) is 5.91 Å². The number of nitrogens with zero attached hydrogens (tertiary/aromatic N) is 4. The molecule has 3 aromatic rings. The Hall–Kier alpha value is -4.33. The summed E-state index contributed by atoms with van der Waals surface area (Å²) in [7, 11) is 6.78. The number of benzene rings is 3. The second-order valence-corrected chi connectivity index (χ2v) is 10.2. The van der Waals surface area contributed by atoms with Gasteiger partial charge in [-0.15, -0.1) is 12.6 Å². The van der Waals surface area contributed by atoms with Crippen molar-refractivity contribution in [1.82, 2.24) is 9.80 Å². The van der Waals surface area contributed by atoms with E-state index in [1.807, 2.05) is 79.5 Å². The summed E-state index contributed by atoms with van der Waals surface area (Å²) in [5, 5.41) is 14.0. The van der Waals surface area contributed by atoms with Gasteiger partial charge in [-0.05, 0) is 66.1 Å². The van der Waals surface area contributed by atoms with Crippen LogP contribution < -0.4 is 14.8 Å². The number of aliphatic imine (C=N–C) groups is 1. The number of thiol groups is 1. The molecule has 0 atom stereocenters. The second kappa shape index (κ2) is 16.2. The molecule has 0 bridgehead atoms. The maximum atomic E-state index is 13.1. The number of thioether (sulfide) groups is 1. The fraction of sp³-hybridized carbons (Fsp3) is 0.219. The number of hydrogen-bond acceptors (Lipinski definition) is 9. The van der Waals surface area contributed by atoms with E-state index in [4.69, 9.17) is 14.7 Å². The van der Waals surface area contributed by atoms with Crippen molar-refractivity contribution in [3.63, 3.8) is 0 Å². The van der Waals surface area contributed by atoms with Crippen LogP contribution in [0.5, 0.6) is 11.5 Å². The summed E-state index contributed by atoms with van der Waals surface area (Å²) in [6, 6.07) is 24.9. The fourth-order valence-electron chi connectivity index (χ4n) is 4.04. The molecule has 0 spiro atoms. The first-order valence-corrected chi connectivity index (χ1v) is 14.5. The van der Waals surface area contributed by atoms with Gasteiger partial charge in [-0.2, -0.15) is 5.26 Å². The zero-order valence-electron chi connectivity index (χ0n) is 24.4. The zero-order chi connectivity index (χ0) is 30.5. The monoisotopic (exact) mass is 601 g/mol. The quantitative estimate of drug-likeness (QED) is 0.215. The third-order valence-corrected chi connectivity index (χ3v) is 7.49. The zero-order valence-corrected chi connectivity index (χ0v) is 26.1. The normalized spacial score (nSPS) is 14.7. The molecule has 1 N–H and O–H groups in total. The first-order chi connectivity index (χ1) is 20.4. The molecule has 1 heterocycles. The van der Waals surface area contributed by atoms with Gasteiger partial charge >= 0.3 is 0 Å². The minimum absolute atomic E-state index is 0.0819. The summed E-state index contributed by atoms with van der Waals surface area (Å²) in [4.78, 5) is 21.6. The molecule has 10 heteroatoms. The minimum Gasteiger partial charge on any atom is -0.497 e. The molecule has 0 aliphatic carbocycles. The largest absolute Gasteiger partial charge is 0.497 e. The van der Waals surface area contributed by atoms with Crippen LogP contribution in [0.15, 0.2) is 94.3 Å². The van der Waals surface area contributed by atoms with Gasteiger partial charge in [0, 0.05) is 44.2 Å². The van der Waals surface area contributed by atoms with Gasteiger partial charge in [-0.1, -0.05) is 30.3 Å². The van der Waals surface area contributed by atoms with E-state index in [2.05, 4.69) is 29.0 Å². The van der Waals surface area contributed by atoms with Crippen molar-refractivity contribution in [3.05, 3.63) is 106 Å². The maximum Gasteiger partial charge on any atom is 0.268 e. The number of nitriles is 1. The van der Waals surface area contributed by atoms with Crippen molar-refractivity contribution >= 4 is 46.8 Å². The lowest BCUT2D eigenvalue weighted by Gasteiger charge is -2.21. The van der Waals surface area contributed by atoms with Gasteiger partial charge in [-0.25, -0.2) is 0 Å². The Morgan fingerprint density at radius 1 is 1.12 bits per heavy atom. The highest BCUT2D eigenvalue weighted by Crippen LogP contribution is 2.36. The van der Waals surface area contributed by atoms with Crippen LogP contribution in [0, 0.1) is 11.3 Å². The summed E-state index contributed by atoms with van der Waals surface area (Å²) >= 11 is 5.75. The van der Waals surface area contributed by atoms with Crippen LogP contribution in [-0.2, 0) is 11.3 Å². The first kappa shape index (κ1) is 32.2. The molecule has 0 aromatic heterocycles. The van der Waals surface area contributed by atoms with E-state index >= 15 is 0 Å². The number of ether oxygens (including phenoxy) is 2. The number of carbonyl (C=O) groups is 1. The Kier molecular flexibility index (Phi) is 12.4. The number of nitrogens with one attached hydrogen (secondary N) is 1. The Labute approximate surface area is 257 Å². The molecule has 0 unspecified atom stereocenters. The predicted molar refractivity (Wildman–Crippen MR) is 176 cm³/mol. The first-order valence-electron chi connectivity index (χ1n) is 13.1. The van der Waals surface area contributed by atoms with Crippen molar-refractivity contribution in [2.24, 2.45) is 4.99 Å². The van der Waals surface area contributed by atoms with Crippen molar-refractivity contribution < 1.29 is 14.3 Å². The molecule has 1 saturated heterocycles. The van der Waals surface area contributed by atoms with Gasteiger partial charge in [0.25, 0.3) is 5.91 Å². The van der Waals surface area contributed by atoms with Crippen LogP contribution in [0.25, 0.3) is 5.70 Å². The number of methoxy groups -OCH3 is 2. The number of hydrogen-bond donors (Lipinski definition) is 2. The van der Waals surface area contributed by atoms with Gasteiger partial charge in [-0.3, -0.25) is 14.7 Å².